The fourth-order valence-corrected chi connectivity index (χ4v) is 2.24. The number of nitrogens with zero attached hydrogens (tertiary/aromatic N) is 2. The van der Waals surface area contributed by atoms with Crippen molar-refractivity contribution in [3.63, 3.8) is 0 Å². The summed E-state index contributed by atoms with van der Waals surface area (Å²) < 4.78 is 1.95. The summed E-state index contributed by atoms with van der Waals surface area (Å²) in [7, 11) is 0. The Labute approximate surface area is 111 Å². The van der Waals surface area contributed by atoms with Crippen molar-refractivity contribution in [2.24, 2.45) is 5.73 Å². The summed E-state index contributed by atoms with van der Waals surface area (Å²) >= 11 is 0. The summed E-state index contributed by atoms with van der Waals surface area (Å²) in [5.41, 5.74) is 8.82. The molecule has 1 aromatic heterocycles. The number of aromatic hydroxyl groups is 1. The smallest absolute Gasteiger partial charge is 0.115 e. The third-order valence-electron chi connectivity index (χ3n) is 3.20. The zero-order chi connectivity index (χ0) is 13.2. The van der Waals surface area contributed by atoms with Gasteiger partial charge in [0.2, 0.25) is 0 Å². The van der Waals surface area contributed by atoms with Gasteiger partial charge in [0, 0.05) is 11.9 Å². The monoisotopic (exact) mass is 253 g/mol. The molecule has 2 aromatic carbocycles. The molecule has 0 fully saturated rings. The standard InChI is InChI=1S/C15H15N3O/c16-9-14-13-3-1-2-4-15(13)18(17-14)10-11-5-7-12(19)8-6-11/h1-8,19H,9-10,16H2. The fraction of sp³-hybridized carbons (Fsp3) is 0.133. The van der Waals surface area contributed by atoms with Gasteiger partial charge in [-0.15, -0.1) is 0 Å². The van der Waals surface area contributed by atoms with Crippen molar-refractivity contribution in [1.82, 2.24) is 9.78 Å². The zero-order valence-electron chi connectivity index (χ0n) is 10.5. The highest BCUT2D eigenvalue weighted by Gasteiger charge is 2.08. The second kappa shape index (κ2) is 4.74. The minimum absolute atomic E-state index is 0.275. The number of rotatable bonds is 3. The van der Waals surface area contributed by atoms with E-state index in [0.717, 1.165) is 22.2 Å². The van der Waals surface area contributed by atoms with E-state index < -0.39 is 0 Å². The molecule has 3 aromatic rings. The van der Waals surface area contributed by atoms with Crippen LogP contribution in [0.4, 0.5) is 0 Å². The van der Waals surface area contributed by atoms with Gasteiger partial charge in [-0.25, -0.2) is 0 Å². The van der Waals surface area contributed by atoms with E-state index in [2.05, 4.69) is 5.10 Å². The molecule has 4 nitrogen and oxygen atoms in total. The molecule has 0 radical (unpaired) electrons. The molecule has 0 spiro atoms. The molecule has 3 N–H and O–H groups in total. The number of phenols is 1. The van der Waals surface area contributed by atoms with Crippen LogP contribution in [0.5, 0.6) is 5.75 Å². The number of aromatic nitrogens is 2. The molecule has 96 valence electrons. The van der Waals surface area contributed by atoms with Crippen LogP contribution in [0, 0.1) is 0 Å². The average molecular weight is 253 g/mol. The summed E-state index contributed by atoms with van der Waals surface area (Å²) in [4.78, 5) is 0. The summed E-state index contributed by atoms with van der Waals surface area (Å²) in [5.74, 6) is 0.275. The Morgan fingerprint density at radius 1 is 1.05 bits per heavy atom. The van der Waals surface area contributed by atoms with Gasteiger partial charge >= 0.3 is 0 Å². The molecule has 3 rings (SSSR count). The van der Waals surface area contributed by atoms with Gasteiger partial charge in [0.05, 0.1) is 17.8 Å². The van der Waals surface area contributed by atoms with E-state index in [9.17, 15) is 5.11 Å². The lowest BCUT2D eigenvalue weighted by atomic mass is 10.2. The zero-order valence-corrected chi connectivity index (χ0v) is 10.5. The van der Waals surface area contributed by atoms with Crippen LogP contribution >= 0.6 is 0 Å². The quantitative estimate of drug-likeness (QED) is 0.752. The molecule has 0 saturated carbocycles. The first kappa shape index (κ1) is 11.7. The van der Waals surface area contributed by atoms with Crippen molar-refractivity contribution < 1.29 is 5.11 Å². The van der Waals surface area contributed by atoms with Crippen molar-refractivity contribution in [2.45, 2.75) is 13.1 Å². The van der Waals surface area contributed by atoms with Gasteiger partial charge in [-0.05, 0) is 23.8 Å². The molecule has 0 saturated heterocycles. The van der Waals surface area contributed by atoms with Crippen molar-refractivity contribution in [3.8, 4) is 5.75 Å². The van der Waals surface area contributed by atoms with Gasteiger partial charge in [0.25, 0.3) is 0 Å². The molecular formula is C15H15N3O. The maximum Gasteiger partial charge on any atom is 0.115 e. The Morgan fingerprint density at radius 2 is 1.79 bits per heavy atom. The van der Waals surface area contributed by atoms with E-state index in [1.54, 1.807) is 12.1 Å². The molecule has 0 unspecified atom stereocenters. The lowest BCUT2D eigenvalue weighted by Crippen LogP contribution is -2.03. The van der Waals surface area contributed by atoms with Gasteiger partial charge in [0.15, 0.2) is 0 Å². The molecule has 0 aliphatic carbocycles. The van der Waals surface area contributed by atoms with E-state index in [1.807, 2.05) is 41.1 Å². The number of benzene rings is 2. The van der Waals surface area contributed by atoms with Gasteiger partial charge in [-0.1, -0.05) is 30.3 Å². The highest BCUT2D eigenvalue weighted by molar-refractivity contribution is 5.82. The van der Waals surface area contributed by atoms with Crippen LogP contribution in [-0.4, -0.2) is 14.9 Å². The van der Waals surface area contributed by atoms with E-state index in [4.69, 9.17) is 5.73 Å². The van der Waals surface area contributed by atoms with E-state index in [-0.39, 0.29) is 5.75 Å². The first-order chi connectivity index (χ1) is 9.28. The molecule has 19 heavy (non-hydrogen) atoms. The predicted octanol–water partition coefficient (Wildman–Crippen LogP) is 2.25. The molecule has 0 aliphatic heterocycles. The lowest BCUT2D eigenvalue weighted by molar-refractivity contribution is 0.475. The highest BCUT2D eigenvalue weighted by atomic mass is 16.3. The largest absolute Gasteiger partial charge is 0.508 e. The first-order valence-corrected chi connectivity index (χ1v) is 6.20. The van der Waals surface area contributed by atoms with E-state index in [1.165, 1.54) is 0 Å². The summed E-state index contributed by atoms with van der Waals surface area (Å²) in [6.07, 6.45) is 0. The number of hydrogen-bond donors (Lipinski definition) is 2. The Hall–Kier alpha value is -2.33. The van der Waals surface area contributed by atoms with Crippen molar-refractivity contribution in [2.75, 3.05) is 0 Å². The second-order valence-electron chi connectivity index (χ2n) is 4.49. The van der Waals surface area contributed by atoms with Gasteiger partial charge < -0.3 is 10.8 Å². The topological polar surface area (TPSA) is 64.1 Å². The minimum Gasteiger partial charge on any atom is -0.508 e. The van der Waals surface area contributed by atoms with Crippen molar-refractivity contribution in [1.29, 1.82) is 0 Å². The van der Waals surface area contributed by atoms with Crippen LogP contribution < -0.4 is 5.73 Å². The minimum atomic E-state index is 0.275. The van der Waals surface area contributed by atoms with Crippen molar-refractivity contribution in [3.05, 3.63) is 59.8 Å². The van der Waals surface area contributed by atoms with Crippen LogP contribution in [0.25, 0.3) is 10.9 Å². The van der Waals surface area contributed by atoms with E-state index in [0.29, 0.717) is 13.1 Å². The first-order valence-electron chi connectivity index (χ1n) is 6.20. The molecule has 0 aliphatic rings. The Kier molecular flexibility index (Phi) is 2.93. The number of para-hydroxylation sites is 1. The van der Waals surface area contributed by atoms with Crippen LogP contribution in [0.1, 0.15) is 11.3 Å². The third kappa shape index (κ3) is 2.18. The van der Waals surface area contributed by atoms with E-state index >= 15 is 0 Å². The number of phenolic OH excluding ortho intramolecular Hbond substituents is 1. The Morgan fingerprint density at radius 3 is 2.53 bits per heavy atom. The highest BCUT2D eigenvalue weighted by Crippen LogP contribution is 2.19. The molecule has 0 amide bonds. The van der Waals surface area contributed by atoms with Gasteiger partial charge in [0.1, 0.15) is 5.75 Å². The van der Waals surface area contributed by atoms with Crippen LogP contribution in [0.2, 0.25) is 0 Å². The molecular weight excluding hydrogens is 238 g/mol. The molecule has 0 bridgehead atoms. The van der Waals surface area contributed by atoms with Crippen molar-refractivity contribution >= 4 is 10.9 Å². The van der Waals surface area contributed by atoms with Gasteiger partial charge in [-0.2, -0.15) is 5.10 Å². The van der Waals surface area contributed by atoms with Crippen LogP contribution in [0.15, 0.2) is 48.5 Å². The van der Waals surface area contributed by atoms with Gasteiger partial charge in [-0.3, -0.25) is 4.68 Å². The summed E-state index contributed by atoms with van der Waals surface area (Å²) in [6, 6.07) is 15.2. The maximum absolute atomic E-state index is 9.30. The Balaban J connectivity index is 2.03. The fourth-order valence-electron chi connectivity index (χ4n) is 2.24. The summed E-state index contributed by atoms with van der Waals surface area (Å²) in [6.45, 7) is 1.10. The number of fused-ring (bicyclic) bond motifs is 1. The van der Waals surface area contributed by atoms with Crippen LogP contribution in [0.3, 0.4) is 0 Å². The van der Waals surface area contributed by atoms with Crippen LogP contribution in [-0.2, 0) is 13.1 Å². The molecule has 0 atom stereocenters. The number of hydrogen-bond acceptors (Lipinski definition) is 3. The molecule has 1 heterocycles. The lowest BCUT2D eigenvalue weighted by Gasteiger charge is -2.04. The number of nitrogens with two attached hydrogens (primary N) is 1. The Bertz CT molecular complexity index is 701. The third-order valence-corrected chi connectivity index (χ3v) is 3.20. The predicted molar refractivity (Wildman–Crippen MR) is 74.8 cm³/mol. The maximum atomic E-state index is 9.30. The normalized spacial score (nSPS) is 11.0. The molecule has 4 heteroatoms. The second-order valence-corrected chi connectivity index (χ2v) is 4.49. The summed E-state index contributed by atoms with van der Waals surface area (Å²) in [5, 5.41) is 15.0. The average Bonchev–Trinajstić information content (AvgIpc) is 2.80. The SMILES string of the molecule is NCc1nn(Cc2ccc(O)cc2)c2ccccc12.